The van der Waals surface area contributed by atoms with Crippen molar-refractivity contribution >= 4 is 29.1 Å². The summed E-state index contributed by atoms with van der Waals surface area (Å²) in [6.07, 6.45) is 4.87. The Morgan fingerprint density at radius 3 is 2.31 bits per heavy atom. The number of aromatic nitrogens is 2. The molecule has 2 amide bonds. The van der Waals surface area contributed by atoms with Gasteiger partial charge in [0.15, 0.2) is 0 Å². The third-order valence-electron chi connectivity index (χ3n) is 5.14. The summed E-state index contributed by atoms with van der Waals surface area (Å²) >= 11 is 6.05. The lowest BCUT2D eigenvalue weighted by molar-refractivity contribution is -0.124. The Hall–Kier alpha value is -3.32. The molecular weight excluding hydrogens is 431 g/mol. The van der Waals surface area contributed by atoms with Gasteiger partial charge in [0.1, 0.15) is 17.6 Å². The molecule has 3 aromatic rings. The number of nitrogens with one attached hydrogen (secondary N) is 1. The predicted octanol–water partition coefficient (Wildman–Crippen LogP) is 4.96. The van der Waals surface area contributed by atoms with Gasteiger partial charge >= 0.3 is 0 Å². The van der Waals surface area contributed by atoms with E-state index in [1.54, 1.807) is 24.3 Å². The van der Waals surface area contributed by atoms with Crippen LogP contribution in [-0.2, 0) is 4.79 Å². The van der Waals surface area contributed by atoms with Crippen molar-refractivity contribution in [2.45, 2.75) is 38.8 Å². The van der Waals surface area contributed by atoms with Gasteiger partial charge in [-0.15, -0.1) is 0 Å². The van der Waals surface area contributed by atoms with Gasteiger partial charge in [-0.25, -0.2) is 9.37 Å². The lowest BCUT2D eigenvalue weighted by Crippen LogP contribution is -2.50. The first-order chi connectivity index (χ1) is 15.2. The highest BCUT2D eigenvalue weighted by Gasteiger charge is 2.36. The molecule has 32 heavy (non-hydrogen) atoms. The molecule has 0 aliphatic heterocycles. The van der Waals surface area contributed by atoms with Gasteiger partial charge in [-0.2, -0.15) is 0 Å². The molecule has 0 bridgehead atoms. The monoisotopic (exact) mass is 454 g/mol. The normalized spacial score (nSPS) is 12.2. The first kappa shape index (κ1) is 23.3. The van der Waals surface area contributed by atoms with Crippen LogP contribution in [0.25, 0.3) is 0 Å². The van der Waals surface area contributed by atoms with Gasteiger partial charge in [-0.05, 0) is 62.2 Å². The molecule has 2 aromatic carbocycles. The highest BCUT2D eigenvalue weighted by Crippen LogP contribution is 2.31. The third-order valence-corrected chi connectivity index (χ3v) is 5.40. The van der Waals surface area contributed by atoms with Crippen LogP contribution in [-0.4, -0.2) is 27.3 Å². The first-order valence-electron chi connectivity index (χ1n) is 10.1. The number of hydrogen-bond donors (Lipinski definition) is 1. The van der Waals surface area contributed by atoms with Gasteiger partial charge in [-0.1, -0.05) is 30.7 Å². The minimum atomic E-state index is -1.09. The molecule has 1 heterocycles. The van der Waals surface area contributed by atoms with Crippen molar-refractivity contribution in [1.82, 2.24) is 15.3 Å². The summed E-state index contributed by atoms with van der Waals surface area (Å²) in [6, 6.07) is 11.0. The van der Waals surface area contributed by atoms with E-state index >= 15 is 0 Å². The third kappa shape index (κ3) is 5.48. The average molecular weight is 455 g/mol. The summed E-state index contributed by atoms with van der Waals surface area (Å²) in [4.78, 5) is 36.6. The van der Waals surface area contributed by atoms with Crippen molar-refractivity contribution in [2.75, 3.05) is 4.90 Å². The van der Waals surface area contributed by atoms with Crippen LogP contribution in [0, 0.1) is 5.82 Å². The van der Waals surface area contributed by atoms with Gasteiger partial charge in [0.05, 0.1) is 6.20 Å². The Balaban J connectivity index is 2.17. The topological polar surface area (TPSA) is 75.2 Å². The van der Waals surface area contributed by atoms with Crippen LogP contribution in [0.3, 0.4) is 0 Å². The van der Waals surface area contributed by atoms with E-state index in [4.69, 9.17) is 11.6 Å². The number of carbonyl (C=O) groups is 2. The van der Waals surface area contributed by atoms with E-state index in [9.17, 15) is 14.0 Å². The number of benzene rings is 2. The van der Waals surface area contributed by atoms with Gasteiger partial charge in [-0.3, -0.25) is 19.5 Å². The molecule has 0 fully saturated rings. The molecule has 0 saturated carbocycles. The number of carbonyl (C=O) groups excluding carboxylic acids is 2. The fourth-order valence-corrected chi connectivity index (χ4v) is 3.20. The van der Waals surface area contributed by atoms with Crippen LogP contribution in [0.1, 0.15) is 49.3 Å². The Labute approximate surface area is 191 Å². The van der Waals surface area contributed by atoms with Crippen molar-refractivity contribution in [2.24, 2.45) is 0 Å². The van der Waals surface area contributed by atoms with Crippen molar-refractivity contribution in [3.05, 3.63) is 89.2 Å². The Kier molecular flexibility index (Phi) is 7.20. The van der Waals surface area contributed by atoms with Crippen LogP contribution in [0.5, 0.6) is 0 Å². The molecular formula is C24H24ClFN4O2. The van der Waals surface area contributed by atoms with Gasteiger partial charge < -0.3 is 5.32 Å². The summed E-state index contributed by atoms with van der Waals surface area (Å²) in [7, 11) is 0. The minimum absolute atomic E-state index is 0.0668. The van der Waals surface area contributed by atoms with Crippen LogP contribution >= 0.6 is 11.6 Å². The average Bonchev–Trinajstić information content (AvgIpc) is 2.79. The minimum Gasteiger partial charge on any atom is -0.349 e. The number of anilines is 1. The molecule has 6 nitrogen and oxygen atoms in total. The second-order valence-electron chi connectivity index (χ2n) is 7.92. The van der Waals surface area contributed by atoms with Crippen molar-refractivity contribution in [3.63, 3.8) is 0 Å². The number of hydrogen-bond acceptors (Lipinski definition) is 4. The lowest BCUT2D eigenvalue weighted by atomic mass is 9.98. The van der Waals surface area contributed by atoms with Crippen LogP contribution in [0.4, 0.5) is 10.1 Å². The van der Waals surface area contributed by atoms with Gasteiger partial charge in [0.2, 0.25) is 5.91 Å². The smallest absolute Gasteiger partial charge is 0.279 e. The lowest BCUT2D eigenvalue weighted by Gasteiger charge is -2.34. The number of nitrogens with zero attached hydrogens (tertiary/aromatic N) is 3. The maximum atomic E-state index is 13.7. The highest BCUT2D eigenvalue weighted by atomic mass is 35.5. The summed E-state index contributed by atoms with van der Waals surface area (Å²) in [5, 5.41) is 3.48. The fraction of sp³-hybridized carbons (Fsp3) is 0.250. The van der Waals surface area contributed by atoms with Gasteiger partial charge in [0, 0.05) is 28.6 Å². The van der Waals surface area contributed by atoms with Crippen LogP contribution in [0.15, 0.2) is 67.1 Å². The molecule has 0 aliphatic rings. The quantitative estimate of drug-likeness (QED) is 0.547. The summed E-state index contributed by atoms with van der Waals surface area (Å²) in [6.45, 7) is 5.74. The maximum absolute atomic E-state index is 13.7. The number of rotatable bonds is 7. The molecule has 0 aliphatic carbocycles. The molecule has 0 spiro atoms. The van der Waals surface area contributed by atoms with Crippen LogP contribution < -0.4 is 10.2 Å². The fourth-order valence-electron chi connectivity index (χ4n) is 3.07. The highest BCUT2D eigenvalue weighted by molar-refractivity contribution is 6.30. The van der Waals surface area contributed by atoms with E-state index in [-0.39, 0.29) is 5.69 Å². The molecule has 1 aromatic heterocycles. The summed E-state index contributed by atoms with van der Waals surface area (Å²) < 4.78 is 13.7. The first-order valence-corrected chi connectivity index (χ1v) is 10.5. The molecule has 0 saturated heterocycles. The Morgan fingerprint density at radius 2 is 1.75 bits per heavy atom. The summed E-state index contributed by atoms with van der Waals surface area (Å²) in [5.41, 5.74) is 0.431. The number of halogens is 2. The van der Waals surface area contributed by atoms with Crippen LogP contribution in [0.2, 0.25) is 5.02 Å². The van der Waals surface area contributed by atoms with Crippen molar-refractivity contribution in [1.29, 1.82) is 0 Å². The summed E-state index contributed by atoms with van der Waals surface area (Å²) in [5.74, 6) is -1.38. The Bertz CT molecular complexity index is 1070. The zero-order valence-corrected chi connectivity index (χ0v) is 18.8. The van der Waals surface area contributed by atoms with E-state index in [0.717, 1.165) is 0 Å². The molecule has 1 N–H and O–H groups in total. The van der Waals surface area contributed by atoms with Gasteiger partial charge in [0.25, 0.3) is 5.91 Å². The molecule has 3 rings (SSSR count). The molecule has 1 atom stereocenters. The van der Waals surface area contributed by atoms with Crippen molar-refractivity contribution < 1.29 is 14.0 Å². The second kappa shape index (κ2) is 9.87. The van der Waals surface area contributed by atoms with Crippen molar-refractivity contribution in [3.8, 4) is 0 Å². The zero-order valence-electron chi connectivity index (χ0n) is 18.0. The standard InChI is InChI=1S/C24H24ClFN4O2/c1-4-24(2,3)29-22(31)21(16-5-9-18(26)10-6-16)30(19-11-7-17(25)8-12-19)23(32)20-15-27-13-14-28-20/h5-15,21H,4H2,1-3H3,(H,29,31). The second-order valence-corrected chi connectivity index (χ2v) is 8.36. The zero-order chi connectivity index (χ0) is 23.3. The molecule has 1 unspecified atom stereocenters. The van der Waals surface area contributed by atoms with E-state index in [1.807, 2.05) is 20.8 Å². The molecule has 0 radical (unpaired) electrons. The maximum Gasteiger partial charge on any atom is 0.279 e. The SMILES string of the molecule is CCC(C)(C)NC(=O)C(c1ccc(F)cc1)N(C(=O)c1cnccn1)c1ccc(Cl)cc1. The predicted molar refractivity (Wildman–Crippen MR) is 122 cm³/mol. The van der Waals surface area contributed by atoms with E-state index in [1.165, 1.54) is 47.8 Å². The largest absolute Gasteiger partial charge is 0.349 e. The number of amides is 2. The molecule has 8 heteroatoms. The van der Waals surface area contributed by atoms with E-state index < -0.39 is 29.2 Å². The van der Waals surface area contributed by atoms with E-state index in [2.05, 4.69) is 15.3 Å². The van der Waals surface area contributed by atoms with E-state index in [0.29, 0.717) is 22.7 Å². The Morgan fingerprint density at radius 1 is 1.09 bits per heavy atom. The molecule has 166 valence electrons.